The Morgan fingerprint density at radius 2 is 1.96 bits per heavy atom. The van der Waals surface area contributed by atoms with Gasteiger partial charge in [-0.05, 0) is 57.7 Å². The Hall–Kier alpha value is -2.66. The second-order valence-corrected chi connectivity index (χ2v) is 6.83. The molecule has 132 valence electrons. The molecule has 0 saturated carbocycles. The van der Waals surface area contributed by atoms with Gasteiger partial charge in [-0.3, -0.25) is 4.79 Å². The van der Waals surface area contributed by atoms with Crippen LogP contribution in [0.1, 0.15) is 16.7 Å². The number of carbonyl (C=O) groups excluding carboxylic acids is 1. The largest absolute Gasteiger partial charge is 0.483 e. The van der Waals surface area contributed by atoms with Gasteiger partial charge in [0.05, 0.1) is 10.7 Å². The molecule has 26 heavy (non-hydrogen) atoms. The molecule has 1 amide bonds. The molecule has 0 aliphatic rings. The number of hydrogen-bond donors (Lipinski definition) is 1. The lowest BCUT2D eigenvalue weighted by Gasteiger charge is -2.09. The van der Waals surface area contributed by atoms with Crippen LogP contribution in [0.15, 0.2) is 64.2 Å². The van der Waals surface area contributed by atoms with Crippen molar-refractivity contribution in [3.63, 3.8) is 0 Å². The highest BCUT2D eigenvalue weighted by Crippen LogP contribution is 2.32. The Labute approximate surface area is 161 Å². The average Bonchev–Trinajstić information content (AvgIpc) is 2.63. The molecule has 1 N–H and O–H groups in total. The second kappa shape index (κ2) is 8.15. The molecule has 3 rings (SSSR count). The molecule has 0 heterocycles. The summed E-state index contributed by atoms with van der Waals surface area (Å²) < 4.78 is 6.45. The number of hydrogen-bond acceptors (Lipinski definition) is 3. The number of carbonyl (C=O) groups is 1. The molecular weight excluding hydrogens is 392 g/mol. The van der Waals surface area contributed by atoms with Crippen LogP contribution < -0.4 is 10.2 Å². The van der Waals surface area contributed by atoms with E-state index in [9.17, 15) is 4.79 Å². The molecule has 0 aromatic heterocycles. The third kappa shape index (κ3) is 4.29. The van der Waals surface area contributed by atoms with Gasteiger partial charge in [0.15, 0.2) is 6.61 Å². The molecule has 0 aliphatic heterocycles. The molecule has 0 aliphatic carbocycles. The Kier molecular flexibility index (Phi) is 5.68. The lowest BCUT2D eigenvalue weighted by Crippen LogP contribution is -2.24. The smallest absolute Gasteiger partial charge is 0.277 e. The lowest BCUT2D eigenvalue weighted by atomic mass is 10.1. The SMILES string of the molecule is Cc1ccc(C=NNC(=O)COc2ccc3ccccc3c2Br)c(C)c1. The zero-order valence-corrected chi connectivity index (χ0v) is 16.2. The first-order valence-electron chi connectivity index (χ1n) is 8.24. The van der Waals surface area contributed by atoms with Gasteiger partial charge in [0.25, 0.3) is 5.91 Å². The number of aryl methyl sites for hydroxylation is 2. The third-order valence-corrected chi connectivity index (χ3v) is 4.82. The topological polar surface area (TPSA) is 50.7 Å². The van der Waals surface area contributed by atoms with Crippen molar-refractivity contribution in [3.05, 3.63) is 75.8 Å². The molecule has 0 bridgehead atoms. The highest BCUT2D eigenvalue weighted by Gasteiger charge is 2.08. The van der Waals surface area contributed by atoms with E-state index in [2.05, 4.69) is 32.5 Å². The minimum absolute atomic E-state index is 0.110. The van der Waals surface area contributed by atoms with Crippen LogP contribution in [0.3, 0.4) is 0 Å². The maximum absolute atomic E-state index is 12.0. The van der Waals surface area contributed by atoms with E-state index >= 15 is 0 Å². The minimum atomic E-state index is -0.314. The van der Waals surface area contributed by atoms with Crippen molar-refractivity contribution in [1.82, 2.24) is 5.43 Å². The van der Waals surface area contributed by atoms with Gasteiger partial charge >= 0.3 is 0 Å². The average molecular weight is 411 g/mol. The highest BCUT2D eigenvalue weighted by molar-refractivity contribution is 9.10. The molecule has 0 atom stereocenters. The van der Waals surface area contributed by atoms with Crippen LogP contribution in [0.25, 0.3) is 10.8 Å². The number of nitrogens with one attached hydrogen (secondary N) is 1. The summed E-state index contributed by atoms with van der Waals surface area (Å²) in [5.74, 6) is 0.309. The number of halogens is 1. The van der Waals surface area contributed by atoms with Crippen molar-refractivity contribution in [3.8, 4) is 5.75 Å². The third-order valence-electron chi connectivity index (χ3n) is 4.00. The van der Waals surface area contributed by atoms with E-state index in [0.29, 0.717) is 5.75 Å². The molecule has 0 fully saturated rings. The fourth-order valence-electron chi connectivity index (χ4n) is 2.64. The standard InChI is InChI=1S/C21H19BrN2O2/c1-14-7-8-17(15(2)11-14)12-23-24-20(25)13-26-19-10-9-16-5-3-4-6-18(16)21(19)22/h3-12H,13H2,1-2H3,(H,24,25). The van der Waals surface area contributed by atoms with Crippen LogP contribution >= 0.6 is 15.9 Å². The Balaban J connectivity index is 1.59. The van der Waals surface area contributed by atoms with Crippen LogP contribution in [0.4, 0.5) is 0 Å². The number of rotatable bonds is 5. The van der Waals surface area contributed by atoms with Crippen molar-refractivity contribution in [1.29, 1.82) is 0 Å². The van der Waals surface area contributed by atoms with E-state index in [1.807, 2.05) is 62.4 Å². The van der Waals surface area contributed by atoms with Crippen molar-refractivity contribution in [2.45, 2.75) is 13.8 Å². The van der Waals surface area contributed by atoms with Crippen molar-refractivity contribution in [2.24, 2.45) is 5.10 Å². The normalized spacial score (nSPS) is 11.0. The molecule has 3 aromatic rings. The molecule has 4 nitrogen and oxygen atoms in total. The Bertz CT molecular complexity index is 983. The monoisotopic (exact) mass is 410 g/mol. The van der Waals surface area contributed by atoms with Crippen molar-refractivity contribution in [2.75, 3.05) is 6.61 Å². The number of nitrogens with zero attached hydrogens (tertiary/aromatic N) is 1. The number of benzene rings is 3. The van der Waals surface area contributed by atoms with E-state index < -0.39 is 0 Å². The van der Waals surface area contributed by atoms with Crippen LogP contribution in [0.5, 0.6) is 5.75 Å². The van der Waals surface area contributed by atoms with E-state index in [1.165, 1.54) is 5.56 Å². The number of fused-ring (bicyclic) bond motifs is 1. The summed E-state index contributed by atoms with van der Waals surface area (Å²) in [5, 5.41) is 6.15. The van der Waals surface area contributed by atoms with E-state index in [0.717, 1.165) is 26.4 Å². The number of hydrazone groups is 1. The van der Waals surface area contributed by atoms with Crippen LogP contribution in [0, 0.1) is 13.8 Å². The predicted molar refractivity (Wildman–Crippen MR) is 109 cm³/mol. The summed E-state index contributed by atoms with van der Waals surface area (Å²) in [5.41, 5.74) is 5.76. The van der Waals surface area contributed by atoms with Crippen molar-refractivity contribution >= 4 is 38.8 Å². The second-order valence-electron chi connectivity index (χ2n) is 6.04. The van der Waals surface area contributed by atoms with E-state index in [4.69, 9.17) is 4.74 Å². The zero-order chi connectivity index (χ0) is 18.5. The number of ether oxygens (including phenoxy) is 1. The first kappa shape index (κ1) is 18.1. The van der Waals surface area contributed by atoms with Crippen LogP contribution in [0.2, 0.25) is 0 Å². The summed E-state index contributed by atoms with van der Waals surface area (Å²) in [6, 6.07) is 17.8. The van der Waals surface area contributed by atoms with E-state index in [1.54, 1.807) is 6.21 Å². The summed E-state index contributed by atoms with van der Waals surface area (Å²) in [7, 11) is 0. The Morgan fingerprint density at radius 1 is 1.15 bits per heavy atom. The van der Waals surface area contributed by atoms with Crippen LogP contribution in [-0.4, -0.2) is 18.7 Å². The summed E-state index contributed by atoms with van der Waals surface area (Å²) >= 11 is 3.54. The van der Waals surface area contributed by atoms with Gasteiger partial charge in [-0.2, -0.15) is 5.10 Å². The molecule has 0 saturated heterocycles. The fraction of sp³-hybridized carbons (Fsp3) is 0.143. The molecular formula is C21H19BrN2O2. The van der Waals surface area contributed by atoms with Crippen molar-refractivity contribution < 1.29 is 9.53 Å². The molecule has 0 radical (unpaired) electrons. The van der Waals surface area contributed by atoms with Gasteiger partial charge in [0.2, 0.25) is 0 Å². The molecule has 5 heteroatoms. The predicted octanol–water partition coefficient (Wildman–Crippen LogP) is 4.75. The van der Waals surface area contributed by atoms with Gasteiger partial charge < -0.3 is 4.74 Å². The zero-order valence-electron chi connectivity index (χ0n) is 14.6. The summed E-state index contributed by atoms with van der Waals surface area (Å²) in [4.78, 5) is 12.0. The summed E-state index contributed by atoms with van der Waals surface area (Å²) in [6.45, 7) is 3.94. The minimum Gasteiger partial charge on any atom is -0.483 e. The quantitative estimate of drug-likeness (QED) is 0.487. The highest BCUT2D eigenvalue weighted by atomic mass is 79.9. The van der Waals surface area contributed by atoms with E-state index in [-0.39, 0.29) is 12.5 Å². The lowest BCUT2D eigenvalue weighted by molar-refractivity contribution is -0.123. The van der Waals surface area contributed by atoms with Gasteiger partial charge in [-0.25, -0.2) is 5.43 Å². The van der Waals surface area contributed by atoms with Crippen LogP contribution in [-0.2, 0) is 4.79 Å². The molecule has 3 aromatic carbocycles. The van der Waals surface area contributed by atoms with Gasteiger partial charge in [0.1, 0.15) is 5.75 Å². The maximum atomic E-state index is 12.0. The summed E-state index contributed by atoms with van der Waals surface area (Å²) in [6.07, 6.45) is 1.64. The van der Waals surface area contributed by atoms with Gasteiger partial charge in [-0.1, -0.05) is 54.1 Å². The molecule has 0 spiro atoms. The fourth-order valence-corrected chi connectivity index (χ4v) is 3.25. The first-order valence-corrected chi connectivity index (χ1v) is 9.03. The van der Waals surface area contributed by atoms with Gasteiger partial charge in [0, 0.05) is 0 Å². The Morgan fingerprint density at radius 3 is 2.77 bits per heavy atom. The van der Waals surface area contributed by atoms with Gasteiger partial charge in [-0.15, -0.1) is 0 Å². The maximum Gasteiger partial charge on any atom is 0.277 e. The molecule has 0 unspecified atom stereocenters. The first-order chi connectivity index (χ1) is 12.5. The number of amides is 1.